The summed E-state index contributed by atoms with van der Waals surface area (Å²) in [5.74, 6) is 2.63. The van der Waals surface area contributed by atoms with E-state index in [0.717, 1.165) is 18.1 Å². The summed E-state index contributed by atoms with van der Waals surface area (Å²) < 4.78 is 10.7. The Labute approximate surface area is 66.2 Å². The van der Waals surface area contributed by atoms with Crippen molar-refractivity contribution >= 4 is 0 Å². The van der Waals surface area contributed by atoms with Crippen molar-refractivity contribution in [2.45, 2.75) is 25.7 Å². The quantitative estimate of drug-likeness (QED) is 0.664. The molecule has 0 aromatic carbocycles. The molecular formula is C9H12O2. The first-order chi connectivity index (χ1) is 5.42. The zero-order chi connectivity index (χ0) is 7.68. The molecule has 2 rings (SSSR count). The molecule has 1 aromatic heterocycles. The first kappa shape index (κ1) is 6.77. The van der Waals surface area contributed by atoms with E-state index in [0.29, 0.717) is 5.92 Å². The van der Waals surface area contributed by atoms with Gasteiger partial charge in [-0.2, -0.15) is 0 Å². The Morgan fingerprint density at radius 2 is 2.45 bits per heavy atom. The van der Waals surface area contributed by atoms with Crippen LogP contribution in [0.1, 0.15) is 31.4 Å². The van der Waals surface area contributed by atoms with E-state index in [1.807, 2.05) is 13.0 Å². The largest absolute Gasteiger partial charge is 0.490 e. The SMILES string of the molecule is CCOc1ccoc1C1CC1. The Bertz CT molecular complexity index is 235. The Morgan fingerprint density at radius 1 is 1.64 bits per heavy atom. The second-order valence-electron chi connectivity index (χ2n) is 2.86. The van der Waals surface area contributed by atoms with Gasteiger partial charge in [0.05, 0.1) is 12.9 Å². The Balaban J connectivity index is 2.16. The van der Waals surface area contributed by atoms with Gasteiger partial charge in [0.15, 0.2) is 5.75 Å². The third-order valence-corrected chi connectivity index (χ3v) is 1.91. The van der Waals surface area contributed by atoms with Gasteiger partial charge in [-0.15, -0.1) is 0 Å². The standard InChI is InChI=1S/C9H12O2/c1-2-10-8-5-6-11-9(8)7-3-4-7/h5-7H,2-4H2,1H3. The van der Waals surface area contributed by atoms with Crippen LogP contribution in [0.25, 0.3) is 0 Å². The number of hydrogen-bond acceptors (Lipinski definition) is 2. The fraction of sp³-hybridized carbons (Fsp3) is 0.556. The zero-order valence-electron chi connectivity index (χ0n) is 6.67. The van der Waals surface area contributed by atoms with E-state index in [1.165, 1.54) is 12.8 Å². The molecule has 2 heteroatoms. The van der Waals surface area contributed by atoms with Crippen molar-refractivity contribution in [1.29, 1.82) is 0 Å². The predicted octanol–water partition coefficient (Wildman–Crippen LogP) is 2.56. The average Bonchev–Trinajstić information content (AvgIpc) is 2.75. The van der Waals surface area contributed by atoms with Crippen LogP contribution in [0.3, 0.4) is 0 Å². The summed E-state index contributed by atoms with van der Waals surface area (Å²) in [6.45, 7) is 2.71. The van der Waals surface area contributed by atoms with Gasteiger partial charge < -0.3 is 9.15 Å². The van der Waals surface area contributed by atoms with Crippen LogP contribution >= 0.6 is 0 Å². The molecular weight excluding hydrogens is 140 g/mol. The molecule has 0 radical (unpaired) electrons. The van der Waals surface area contributed by atoms with Gasteiger partial charge in [0.2, 0.25) is 0 Å². The molecule has 60 valence electrons. The maximum Gasteiger partial charge on any atom is 0.160 e. The third kappa shape index (κ3) is 1.25. The van der Waals surface area contributed by atoms with Crippen molar-refractivity contribution in [2.24, 2.45) is 0 Å². The van der Waals surface area contributed by atoms with E-state index in [2.05, 4.69) is 0 Å². The summed E-state index contributed by atoms with van der Waals surface area (Å²) in [7, 11) is 0. The molecule has 1 aliphatic carbocycles. The van der Waals surface area contributed by atoms with E-state index in [4.69, 9.17) is 9.15 Å². The van der Waals surface area contributed by atoms with Gasteiger partial charge in [-0.05, 0) is 19.8 Å². The lowest BCUT2D eigenvalue weighted by atomic mass is 10.3. The number of hydrogen-bond donors (Lipinski definition) is 0. The van der Waals surface area contributed by atoms with Crippen LogP contribution in [0.15, 0.2) is 16.7 Å². The minimum atomic E-state index is 0.645. The second-order valence-corrected chi connectivity index (χ2v) is 2.86. The topological polar surface area (TPSA) is 22.4 Å². The molecule has 2 nitrogen and oxygen atoms in total. The molecule has 0 bridgehead atoms. The highest BCUT2D eigenvalue weighted by atomic mass is 16.5. The molecule has 1 aromatic rings. The number of furan rings is 1. The van der Waals surface area contributed by atoms with E-state index in [1.54, 1.807) is 6.26 Å². The number of ether oxygens (including phenoxy) is 1. The molecule has 1 saturated carbocycles. The molecule has 11 heavy (non-hydrogen) atoms. The van der Waals surface area contributed by atoms with Crippen LogP contribution < -0.4 is 4.74 Å². The molecule has 1 heterocycles. The summed E-state index contributed by atoms with van der Waals surface area (Å²) >= 11 is 0. The molecule has 0 aliphatic heterocycles. The summed E-state index contributed by atoms with van der Waals surface area (Å²) in [6.07, 6.45) is 4.22. The molecule has 0 atom stereocenters. The lowest BCUT2D eigenvalue weighted by Gasteiger charge is -2.00. The third-order valence-electron chi connectivity index (χ3n) is 1.91. The monoisotopic (exact) mass is 152 g/mol. The summed E-state index contributed by atoms with van der Waals surface area (Å²) in [6, 6.07) is 1.90. The highest BCUT2D eigenvalue weighted by Gasteiger charge is 2.29. The summed E-state index contributed by atoms with van der Waals surface area (Å²) in [4.78, 5) is 0. The predicted molar refractivity (Wildman–Crippen MR) is 41.9 cm³/mol. The highest BCUT2D eigenvalue weighted by Crippen LogP contribution is 2.44. The van der Waals surface area contributed by atoms with Crippen molar-refractivity contribution in [3.8, 4) is 5.75 Å². The molecule has 0 N–H and O–H groups in total. The van der Waals surface area contributed by atoms with Gasteiger partial charge in [0.25, 0.3) is 0 Å². The maximum atomic E-state index is 5.38. The Hall–Kier alpha value is -0.920. The Kier molecular flexibility index (Phi) is 1.60. The first-order valence-electron chi connectivity index (χ1n) is 4.12. The van der Waals surface area contributed by atoms with E-state index < -0.39 is 0 Å². The van der Waals surface area contributed by atoms with Crippen molar-refractivity contribution < 1.29 is 9.15 Å². The van der Waals surface area contributed by atoms with Gasteiger partial charge in [-0.3, -0.25) is 0 Å². The lowest BCUT2D eigenvalue weighted by Crippen LogP contribution is -1.91. The van der Waals surface area contributed by atoms with Crippen LogP contribution in [-0.2, 0) is 0 Å². The first-order valence-corrected chi connectivity index (χ1v) is 4.12. The Morgan fingerprint density at radius 3 is 3.09 bits per heavy atom. The van der Waals surface area contributed by atoms with Gasteiger partial charge in [0, 0.05) is 12.0 Å². The van der Waals surface area contributed by atoms with Crippen LogP contribution in [0.2, 0.25) is 0 Å². The van der Waals surface area contributed by atoms with Gasteiger partial charge in [0.1, 0.15) is 5.76 Å². The number of rotatable bonds is 3. The van der Waals surface area contributed by atoms with Crippen LogP contribution in [0.5, 0.6) is 5.75 Å². The van der Waals surface area contributed by atoms with E-state index >= 15 is 0 Å². The van der Waals surface area contributed by atoms with Crippen LogP contribution in [-0.4, -0.2) is 6.61 Å². The second kappa shape index (κ2) is 2.61. The molecule has 1 aliphatic rings. The highest BCUT2D eigenvalue weighted by molar-refractivity contribution is 5.30. The van der Waals surface area contributed by atoms with Gasteiger partial charge in [-0.1, -0.05) is 0 Å². The molecule has 0 unspecified atom stereocenters. The van der Waals surface area contributed by atoms with Crippen LogP contribution in [0.4, 0.5) is 0 Å². The van der Waals surface area contributed by atoms with Gasteiger partial charge in [-0.25, -0.2) is 0 Å². The minimum Gasteiger partial charge on any atom is -0.490 e. The van der Waals surface area contributed by atoms with E-state index in [-0.39, 0.29) is 0 Å². The molecule has 0 amide bonds. The summed E-state index contributed by atoms with van der Waals surface area (Å²) in [5.41, 5.74) is 0. The smallest absolute Gasteiger partial charge is 0.160 e. The van der Waals surface area contributed by atoms with Crippen LogP contribution in [0, 0.1) is 0 Å². The summed E-state index contributed by atoms with van der Waals surface area (Å²) in [5, 5.41) is 0. The molecule has 0 saturated heterocycles. The van der Waals surface area contributed by atoms with Crippen molar-refractivity contribution in [1.82, 2.24) is 0 Å². The minimum absolute atomic E-state index is 0.645. The van der Waals surface area contributed by atoms with E-state index in [9.17, 15) is 0 Å². The molecule has 1 fully saturated rings. The normalized spacial score (nSPS) is 16.8. The maximum absolute atomic E-state index is 5.38. The molecule has 0 spiro atoms. The average molecular weight is 152 g/mol. The van der Waals surface area contributed by atoms with Crippen molar-refractivity contribution in [3.63, 3.8) is 0 Å². The fourth-order valence-corrected chi connectivity index (χ4v) is 1.23. The van der Waals surface area contributed by atoms with Gasteiger partial charge >= 0.3 is 0 Å². The van der Waals surface area contributed by atoms with Crippen molar-refractivity contribution in [2.75, 3.05) is 6.61 Å². The van der Waals surface area contributed by atoms with Crippen molar-refractivity contribution in [3.05, 3.63) is 18.1 Å². The zero-order valence-corrected chi connectivity index (χ0v) is 6.67. The lowest BCUT2D eigenvalue weighted by molar-refractivity contribution is 0.327. The fourth-order valence-electron chi connectivity index (χ4n) is 1.23.